The lowest BCUT2D eigenvalue weighted by Crippen LogP contribution is -2.31. The minimum absolute atomic E-state index is 0.652. The highest BCUT2D eigenvalue weighted by molar-refractivity contribution is 7.09. The molecular weight excluding hydrogens is 228 g/mol. The van der Waals surface area contributed by atoms with Gasteiger partial charge in [0.15, 0.2) is 0 Å². The summed E-state index contributed by atoms with van der Waals surface area (Å²) in [6, 6.07) is 0.652. The Labute approximate surface area is 110 Å². The van der Waals surface area contributed by atoms with Crippen LogP contribution in [0.1, 0.15) is 50.7 Å². The van der Waals surface area contributed by atoms with Crippen molar-refractivity contribution in [3.8, 4) is 0 Å². The number of hydrogen-bond acceptors (Lipinski definition) is 3. The fourth-order valence-electron chi connectivity index (χ4n) is 2.04. The first kappa shape index (κ1) is 14.7. The molecule has 1 unspecified atom stereocenters. The SMILES string of the molecule is CCCNC(CCc1nc(C)cs1)CC(C)C. The van der Waals surface area contributed by atoms with Crippen molar-refractivity contribution in [2.75, 3.05) is 6.54 Å². The summed E-state index contributed by atoms with van der Waals surface area (Å²) in [5.74, 6) is 0.766. The van der Waals surface area contributed by atoms with Gasteiger partial charge in [-0.05, 0) is 38.6 Å². The number of aryl methyl sites for hydroxylation is 2. The van der Waals surface area contributed by atoms with Crippen LogP contribution in [0.3, 0.4) is 0 Å². The van der Waals surface area contributed by atoms with E-state index in [1.165, 1.54) is 24.3 Å². The topological polar surface area (TPSA) is 24.9 Å². The third kappa shape index (κ3) is 6.18. The van der Waals surface area contributed by atoms with Gasteiger partial charge in [0.05, 0.1) is 5.01 Å². The summed E-state index contributed by atoms with van der Waals surface area (Å²) in [5.41, 5.74) is 1.16. The van der Waals surface area contributed by atoms with Crippen LogP contribution in [-0.4, -0.2) is 17.6 Å². The largest absolute Gasteiger partial charge is 0.314 e. The molecule has 0 radical (unpaired) electrons. The molecule has 0 aliphatic carbocycles. The molecule has 2 nitrogen and oxygen atoms in total. The molecule has 0 saturated heterocycles. The third-order valence-corrected chi connectivity index (χ3v) is 3.84. The van der Waals surface area contributed by atoms with Gasteiger partial charge < -0.3 is 5.32 Å². The van der Waals surface area contributed by atoms with Crippen LogP contribution in [0.25, 0.3) is 0 Å². The van der Waals surface area contributed by atoms with Crippen molar-refractivity contribution in [1.29, 1.82) is 0 Å². The summed E-state index contributed by atoms with van der Waals surface area (Å²) in [6.45, 7) is 10.0. The van der Waals surface area contributed by atoms with Crippen molar-refractivity contribution in [2.24, 2.45) is 5.92 Å². The summed E-state index contributed by atoms with van der Waals surface area (Å²) in [7, 11) is 0. The number of thiazole rings is 1. The maximum absolute atomic E-state index is 4.53. The van der Waals surface area contributed by atoms with Gasteiger partial charge in [0.25, 0.3) is 0 Å². The number of aromatic nitrogens is 1. The van der Waals surface area contributed by atoms with Gasteiger partial charge in [-0.2, -0.15) is 0 Å². The Balaban J connectivity index is 2.36. The molecule has 0 fully saturated rings. The molecule has 0 aliphatic rings. The Morgan fingerprint density at radius 3 is 2.71 bits per heavy atom. The average Bonchev–Trinajstić information content (AvgIpc) is 2.68. The van der Waals surface area contributed by atoms with Crippen molar-refractivity contribution in [2.45, 2.75) is 59.4 Å². The highest BCUT2D eigenvalue weighted by Gasteiger charge is 2.11. The molecule has 1 rings (SSSR count). The lowest BCUT2D eigenvalue weighted by Gasteiger charge is -2.19. The smallest absolute Gasteiger partial charge is 0.0928 e. The standard InChI is InChI=1S/C14H26N2S/c1-5-8-15-13(9-11(2)3)6-7-14-16-12(4)10-17-14/h10-11,13,15H,5-9H2,1-4H3. The molecule has 1 heterocycles. The molecule has 1 aromatic rings. The highest BCUT2D eigenvalue weighted by Crippen LogP contribution is 2.15. The maximum atomic E-state index is 4.53. The van der Waals surface area contributed by atoms with Gasteiger partial charge in [-0.15, -0.1) is 11.3 Å². The lowest BCUT2D eigenvalue weighted by molar-refractivity contribution is 0.398. The molecular formula is C14H26N2S. The Morgan fingerprint density at radius 1 is 1.41 bits per heavy atom. The van der Waals surface area contributed by atoms with Gasteiger partial charge in [-0.1, -0.05) is 20.8 Å². The highest BCUT2D eigenvalue weighted by atomic mass is 32.1. The third-order valence-electron chi connectivity index (χ3n) is 2.81. The summed E-state index contributed by atoms with van der Waals surface area (Å²) in [4.78, 5) is 4.53. The normalized spacial score (nSPS) is 13.2. The fraction of sp³-hybridized carbons (Fsp3) is 0.786. The zero-order valence-electron chi connectivity index (χ0n) is 11.6. The van der Waals surface area contributed by atoms with Crippen LogP contribution in [0.5, 0.6) is 0 Å². The summed E-state index contributed by atoms with van der Waals surface area (Å²) in [6.07, 6.45) is 4.81. The van der Waals surface area contributed by atoms with E-state index in [0.717, 1.165) is 24.6 Å². The summed E-state index contributed by atoms with van der Waals surface area (Å²) < 4.78 is 0. The Morgan fingerprint density at radius 2 is 2.18 bits per heavy atom. The van der Waals surface area contributed by atoms with Gasteiger partial charge in [0.2, 0.25) is 0 Å². The second-order valence-corrected chi connectivity index (χ2v) is 6.14. The van der Waals surface area contributed by atoms with Crippen LogP contribution in [0.15, 0.2) is 5.38 Å². The van der Waals surface area contributed by atoms with Crippen LogP contribution < -0.4 is 5.32 Å². The van der Waals surface area contributed by atoms with Gasteiger partial charge in [-0.25, -0.2) is 4.98 Å². The molecule has 0 aromatic carbocycles. The minimum Gasteiger partial charge on any atom is -0.314 e. The van der Waals surface area contributed by atoms with Crippen LogP contribution in [0, 0.1) is 12.8 Å². The Kier molecular flexibility index (Phi) is 6.75. The second kappa shape index (κ2) is 7.83. The van der Waals surface area contributed by atoms with Gasteiger partial charge in [0.1, 0.15) is 0 Å². The van der Waals surface area contributed by atoms with Crippen molar-refractivity contribution >= 4 is 11.3 Å². The van der Waals surface area contributed by atoms with E-state index in [1.807, 2.05) is 0 Å². The van der Waals surface area contributed by atoms with Crippen molar-refractivity contribution in [3.63, 3.8) is 0 Å². The van der Waals surface area contributed by atoms with Crippen molar-refractivity contribution in [3.05, 3.63) is 16.1 Å². The maximum Gasteiger partial charge on any atom is 0.0928 e. The number of nitrogens with one attached hydrogen (secondary N) is 1. The predicted molar refractivity (Wildman–Crippen MR) is 76.7 cm³/mol. The minimum atomic E-state index is 0.652. The fourth-order valence-corrected chi connectivity index (χ4v) is 2.83. The van der Waals surface area contributed by atoms with Crippen LogP contribution in [0.2, 0.25) is 0 Å². The van der Waals surface area contributed by atoms with Crippen LogP contribution in [-0.2, 0) is 6.42 Å². The zero-order valence-corrected chi connectivity index (χ0v) is 12.4. The van der Waals surface area contributed by atoms with E-state index < -0.39 is 0 Å². The monoisotopic (exact) mass is 254 g/mol. The summed E-state index contributed by atoms with van der Waals surface area (Å²) >= 11 is 1.80. The first-order valence-electron chi connectivity index (χ1n) is 6.76. The Hall–Kier alpha value is -0.410. The first-order valence-corrected chi connectivity index (χ1v) is 7.64. The Bertz CT molecular complexity index is 307. The van der Waals surface area contributed by atoms with E-state index in [1.54, 1.807) is 11.3 Å². The molecule has 0 bridgehead atoms. The van der Waals surface area contributed by atoms with Crippen LogP contribution >= 0.6 is 11.3 Å². The van der Waals surface area contributed by atoms with E-state index in [4.69, 9.17) is 0 Å². The van der Waals surface area contributed by atoms with E-state index in [9.17, 15) is 0 Å². The molecule has 1 aromatic heterocycles. The molecule has 0 saturated carbocycles. The van der Waals surface area contributed by atoms with Crippen molar-refractivity contribution < 1.29 is 0 Å². The number of hydrogen-bond donors (Lipinski definition) is 1. The number of rotatable bonds is 8. The van der Waals surface area contributed by atoms with Gasteiger partial charge in [-0.3, -0.25) is 0 Å². The van der Waals surface area contributed by atoms with Crippen LogP contribution in [0.4, 0.5) is 0 Å². The number of nitrogens with zero attached hydrogens (tertiary/aromatic N) is 1. The van der Waals surface area contributed by atoms with E-state index in [-0.39, 0.29) is 0 Å². The first-order chi connectivity index (χ1) is 8.11. The predicted octanol–water partition coefficient (Wildman–Crippen LogP) is 3.80. The molecule has 1 atom stereocenters. The zero-order chi connectivity index (χ0) is 12.7. The molecule has 0 amide bonds. The van der Waals surface area contributed by atoms with E-state index in [0.29, 0.717) is 6.04 Å². The molecule has 1 N–H and O–H groups in total. The molecule has 0 spiro atoms. The van der Waals surface area contributed by atoms with Crippen molar-refractivity contribution in [1.82, 2.24) is 10.3 Å². The average molecular weight is 254 g/mol. The molecule has 0 aliphatic heterocycles. The van der Waals surface area contributed by atoms with Gasteiger partial charge in [0, 0.05) is 23.5 Å². The lowest BCUT2D eigenvalue weighted by atomic mass is 10.00. The molecule has 98 valence electrons. The molecule has 17 heavy (non-hydrogen) atoms. The quantitative estimate of drug-likeness (QED) is 0.763. The second-order valence-electron chi connectivity index (χ2n) is 5.20. The van der Waals surface area contributed by atoms with E-state index in [2.05, 4.69) is 43.4 Å². The van der Waals surface area contributed by atoms with E-state index >= 15 is 0 Å². The van der Waals surface area contributed by atoms with Gasteiger partial charge >= 0.3 is 0 Å². The summed E-state index contributed by atoms with van der Waals surface area (Å²) in [5, 5.41) is 7.09. The molecule has 3 heteroatoms.